The molecule has 110 valence electrons. The highest BCUT2D eigenvalue weighted by molar-refractivity contribution is 5.87. The van der Waals surface area contributed by atoms with E-state index in [-0.39, 0.29) is 17.3 Å². The predicted octanol–water partition coefficient (Wildman–Crippen LogP) is 2.73. The maximum atomic E-state index is 12.6. The summed E-state index contributed by atoms with van der Waals surface area (Å²) in [6, 6.07) is 5.17. The van der Waals surface area contributed by atoms with E-state index in [1.807, 2.05) is 0 Å². The molecule has 0 atom stereocenters. The van der Waals surface area contributed by atoms with E-state index in [0.717, 1.165) is 18.5 Å². The van der Waals surface area contributed by atoms with Crippen LogP contribution in [0.15, 0.2) is 36.7 Å². The van der Waals surface area contributed by atoms with Gasteiger partial charge in [0.1, 0.15) is 18.0 Å². The third kappa shape index (κ3) is 4.06. The molecule has 0 spiro atoms. The molecule has 2 rings (SSSR count). The number of rotatable bonds is 3. The number of amides is 2. The van der Waals surface area contributed by atoms with Gasteiger partial charge in [0.25, 0.3) is 0 Å². The smallest absolute Gasteiger partial charge is 0.351 e. The highest BCUT2D eigenvalue weighted by Gasteiger charge is 2.30. The molecule has 6 nitrogen and oxygen atoms in total. The Morgan fingerprint density at radius 1 is 1.14 bits per heavy atom. The van der Waals surface area contributed by atoms with Gasteiger partial charge in [-0.2, -0.15) is 13.2 Å². The zero-order valence-electron chi connectivity index (χ0n) is 10.5. The van der Waals surface area contributed by atoms with E-state index in [9.17, 15) is 18.0 Å². The molecule has 0 fully saturated rings. The monoisotopic (exact) mass is 297 g/mol. The van der Waals surface area contributed by atoms with Crippen LogP contribution in [-0.2, 0) is 6.18 Å². The van der Waals surface area contributed by atoms with Crippen molar-refractivity contribution in [1.29, 1.82) is 0 Å². The molecule has 0 aliphatic heterocycles. The molecule has 0 aliphatic rings. The Labute approximate surface area is 117 Å². The first kappa shape index (κ1) is 14.6. The van der Waals surface area contributed by atoms with Gasteiger partial charge in [-0.25, -0.2) is 14.8 Å². The molecule has 2 amide bonds. The van der Waals surface area contributed by atoms with Gasteiger partial charge in [0.05, 0.1) is 5.56 Å². The highest BCUT2D eigenvalue weighted by atomic mass is 19.4. The van der Waals surface area contributed by atoms with Crippen LogP contribution in [0.1, 0.15) is 5.56 Å². The number of alkyl halides is 3. The van der Waals surface area contributed by atoms with Crippen molar-refractivity contribution in [3.05, 3.63) is 42.2 Å². The van der Waals surface area contributed by atoms with Crippen LogP contribution in [0.4, 0.5) is 35.3 Å². The quantitative estimate of drug-likeness (QED) is 0.812. The van der Waals surface area contributed by atoms with Crippen molar-refractivity contribution in [3.8, 4) is 0 Å². The lowest BCUT2D eigenvalue weighted by atomic mass is 10.2. The van der Waals surface area contributed by atoms with E-state index in [4.69, 9.17) is 5.73 Å². The molecule has 0 saturated heterocycles. The summed E-state index contributed by atoms with van der Waals surface area (Å²) in [5.74, 6) is 0.347. The first-order valence-corrected chi connectivity index (χ1v) is 5.67. The fourth-order valence-corrected chi connectivity index (χ4v) is 1.54. The molecule has 1 aromatic heterocycles. The van der Waals surface area contributed by atoms with Crippen LogP contribution < -0.4 is 16.4 Å². The second kappa shape index (κ2) is 5.65. The number of urea groups is 1. The molecule has 1 aromatic carbocycles. The van der Waals surface area contributed by atoms with Crippen molar-refractivity contribution in [2.24, 2.45) is 5.73 Å². The van der Waals surface area contributed by atoms with Gasteiger partial charge >= 0.3 is 12.2 Å². The first-order chi connectivity index (χ1) is 9.84. The summed E-state index contributed by atoms with van der Waals surface area (Å²) in [7, 11) is 0. The van der Waals surface area contributed by atoms with Gasteiger partial charge in [0.15, 0.2) is 0 Å². The minimum Gasteiger partial charge on any atom is -0.351 e. The highest BCUT2D eigenvalue weighted by Crippen LogP contribution is 2.31. The van der Waals surface area contributed by atoms with Crippen LogP contribution in [0.2, 0.25) is 0 Å². The number of carbonyl (C=O) groups excluding carboxylic acids is 1. The topological polar surface area (TPSA) is 92.9 Å². The van der Waals surface area contributed by atoms with Crippen molar-refractivity contribution >= 4 is 23.4 Å². The molecule has 0 bridgehead atoms. The molecule has 4 N–H and O–H groups in total. The van der Waals surface area contributed by atoms with Crippen molar-refractivity contribution in [1.82, 2.24) is 9.97 Å². The summed E-state index contributed by atoms with van der Waals surface area (Å²) in [5, 5.41) is 4.92. The Bertz CT molecular complexity index is 659. The van der Waals surface area contributed by atoms with Crippen LogP contribution in [0.25, 0.3) is 0 Å². The molecule has 21 heavy (non-hydrogen) atoms. The van der Waals surface area contributed by atoms with E-state index in [1.54, 1.807) is 0 Å². The normalized spacial score (nSPS) is 11.0. The second-order valence-corrected chi connectivity index (χ2v) is 3.98. The lowest BCUT2D eigenvalue weighted by molar-refractivity contribution is -0.137. The van der Waals surface area contributed by atoms with Gasteiger partial charge in [0.2, 0.25) is 0 Å². The summed E-state index contributed by atoms with van der Waals surface area (Å²) in [4.78, 5) is 18.3. The Hall–Kier alpha value is -2.84. The molecule has 1 heterocycles. The third-order valence-corrected chi connectivity index (χ3v) is 2.38. The Kier molecular flexibility index (Phi) is 3.92. The largest absolute Gasteiger partial charge is 0.416 e. The number of aromatic nitrogens is 2. The van der Waals surface area contributed by atoms with E-state index >= 15 is 0 Å². The van der Waals surface area contributed by atoms with Gasteiger partial charge in [0, 0.05) is 11.8 Å². The van der Waals surface area contributed by atoms with E-state index in [0.29, 0.717) is 0 Å². The number of anilines is 3. The van der Waals surface area contributed by atoms with Gasteiger partial charge < -0.3 is 11.1 Å². The molecule has 0 radical (unpaired) electrons. The second-order valence-electron chi connectivity index (χ2n) is 3.98. The number of hydrogen-bond donors (Lipinski definition) is 3. The predicted molar refractivity (Wildman–Crippen MR) is 70.0 cm³/mol. The van der Waals surface area contributed by atoms with E-state index in [2.05, 4.69) is 20.6 Å². The Morgan fingerprint density at radius 2 is 1.86 bits per heavy atom. The van der Waals surface area contributed by atoms with Crippen LogP contribution in [-0.4, -0.2) is 16.0 Å². The standard InChI is InChI=1S/C12H10F3N5O/c13-12(14,15)7-2-1-3-8(4-7)19-9-5-10(18-6-17-9)20-11(16)21/h1-6H,(H4,16,17,18,19,20,21). The molecule has 0 unspecified atom stereocenters. The summed E-state index contributed by atoms with van der Waals surface area (Å²) in [5.41, 5.74) is 4.36. The van der Waals surface area contributed by atoms with Gasteiger partial charge in [-0.15, -0.1) is 0 Å². The van der Waals surface area contributed by atoms with E-state index < -0.39 is 17.8 Å². The zero-order valence-corrected chi connectivity index (χ0v) is 10.5. The number of carbonyl (C=O) groups is 1. The van der Waals surface area contributed by atoms with Crippen molar-refractivity contribution in [2.45, 2.75) is 6.18 Å². The van der Waals surface area contributed by atoms with Crippen LogP contribution >= 0.6 is 0 Å². The number of nitrogens with zero attached hydrogens (tertiary/aromatic N) is 2. The summed E-state index contributed by atoms with van der Waals surface area (Å²) >= 11 is 0. The molecule has 0 aliphatic carbocycles. The molecule has 2 aromatic rings. The Balaban J connectivity index is 2.20. The fourth-order valence-electron chi connectivity index (χ4n) is 1.54. The van der Waals surface area contributed by atoms with Crippen molar-refractivity contribution in [3.63, 3.8) is 0 Å². The minimum absolute atomic E-state index is 0.131. The minimum atomic E-state index is -4.43. The van der Waals surface area contributed by atoms with E-state index in [1.165, 1.54) is 18.2 Å². The molecular formula is C12H10F3N5O. The number of nitrogens with one attached hydrogen (secondary N) is 2. The maximum absolute atomic E-state index is 12.6. The number of primary amides is 1. The Morgan fingerprint density at radius 3 is 2.52 bits per heavy atom. The maximum Gasteiger partial charge on any atom is 0.416 e. The van der Waals surface area contributed by atoms with Gasteiger partial charge in [-0.3, -0.25) is 5.32 Å². The number of nitrogens with two attached hydrogens (primary N) is 1. The van der Waals surface area contributed by atoms with Crippen molar-refractivity contribution < 1.29 is 18.0 Å². The number of hydrogen-bond acceptors (Lipinski definition) is 4. The van der Waals surface area contributed by atoms with Gasteiger partial charge in [-0.05, 0) is 18.2 Å². The molecule has 9 heteroatoms. The lowest BCUT2D eigenvalue weighted by Crippen LogP contribution is -2.20. The van der Waals surface area contributed by atoms with Crippen molar-refractivity contribution in [2.75, 3.05) is 10.6 Å². The fraction of sp³-hybridized carbons (Fsp3) is 0.0833. The first-order valence-electron chi connectivity index (χ1n) is 5.67. The molecule has 0 saturated carbocycles. The average molecular weight is 297 g/mol. The SMILES string of the molecule is NC(=O)Nc1cc(Nc2cccc(C(F)(F)F)c2)ncn1. The van der Waals surface area contributed by atoms with Crippen LogP contribution in [0.5, 0.6) is 0 Å². The number of halogens is 3. The van der Waals surface area contributed by atoms with Gasteiger partial charge in [-0.1, -0.05) is 6.07 Å². The summed E-state index contributed by atoms with van der Waals surface area (Å²) in [6.45, 7) is 0. The zero-order chi connectivity index (χ0) is 15.5. The summed E-state index contributed by atoms with van der Waals surface area (Å²) in [6.07, 6.45) is -3.29. The van der Waals surface area contributed by atoms with Crippen LogP contribution in [0.3, 0.4) is 0 Å². The average Bonchev–Trinajstić information content (AvgIpc) is 2.37. The van der Waals surface area contributed by atoms with Crippen LogP contribution in [0, 0.1) is 0 Å². The summed E-state index contributed by atoms with van der Waals surface area (Å²) < 4.78 is 37.8. The third-order valence-electron chi connectivity index (χ3n) is 2.38. The lowest BCUT2D eigenvalue weighted by Gasteiger charge is -2.10. The molecular weight excluding hydrogens is 287 g/mol. The number of benzene rings is 1.